The first-order chi connectivity index (χ1) is 66.9. The molecule has 0 spiro atoms. The number of benzene rings is 8. The maximum atomic E-state index is 14.8. The summed E-state index contributed by atoms with van der Waals surface area (Å²) < 4.78 is 62.3. The maximum Gasteiger partial charge on any atom is 0.330 e. The molecule has 0 radical (unpaired) electrons. The Bertz CT molecular complexity index is 8730. The van der Waals surface area contributed by atoms with Crippen LogP contribution < -0.4 is 59.5 Å². The largest absolute Gasteiger partial charge is 0.508 e. The molecule has 1 saturated heterocycles. The molecule has 12 aromatic heterocycles. The van der Waals surface area contributed by atoms with Crippen molar-refractivity contribution in [3.05, 3.63) is 346 Å². The Morgan fingerprint density at radius 2 is 0.667 bits per heavy atom. The van der Waals surface area contributed by atoms with Crippen LogP contribution in [0.4, 0.5) is 24.5 Å². The molecule has 37 nitrogen and oxygen atoms in total. The van der Waals surface area contributed by atoms with E-state index in [-0.39, 0.29) is 66.6 Å². The number of aromatic amines is 8. The van der Waals surface area contributed by atoms with Crippen molar-refractivity contribution in [3.63, 3.8) is 0 Å². The highest BCUT2D eigenvalue weighted by molar-refractivity contribution is 5.83. The van der Waals surface area contributed by atoms with E-state index in [1.165, 1.54) is 31.4 Å². The molecule has 4 aliphatic carbocycles. The van der Waals surface area contributed by atoms with Crippen LogP contribution in [0, 0.1) is 17.5 Å². The summed E-state index contributed by atoms with van der Waals surface area (Å²) >= 11 is 0. The smallest absolute Gasteiger partial charge is 0.330 e. The van der Waals surface area contributed by atoms with E-state index in [4.69, 9.17) is 29.7 Å². The van der Waals surface area contributed by atoms with Gasteiger partial charge in [-0.25, -0.2) is 72.2 Å². The zero-order chi connectivity index (χ0) is 94.7. The van der Waals surface area contributed by atoms with Crippen LogP contribution in [0.5, 0.6) is 11.5 Å². The predicted molar refractivity (Wildman–Crippen MR) is 512 cm³/mol. The molecule has 40 heteroatoms. The first-order valence-electron chi connectivity index (χ1n) is 45.4. The van der Waals surface area contributed by atoms with Crippen molar-refractivity contribution in [1.82, 2.24) is 121 Å². The van der Waals surface area contributed by atoms with E-state index < -0.39 is 50.8 Å². The number of fused-ring (bicyclic) bond motifs is 8. The molecule has 20 aromatic rings. The monoisotopic (exact) mass is 1860 g/mol. The van der Waals surface area contributed by atoms with Gasteiger partial charge in [-0.2, -0.15) is 0 Å². The highest BCUT2D eigenvalue weighted by Gasteiger charge is 2.36. The van der Waals surface area contributed by atoms with E-state index in [1.54, 1.807) is 67.6 Å². The van der Waals surface area contributed by atoms with Gasteiger partial charge in [0.15, 0.2) is 56.2 Å². The van der Waals surface area contributed by atoms with E-state index >= 15 is 0 Å². The Balaban J connectivity index is 0.000000106. The number of methoxy groups -OCH3 is 1. The zero-order valence-corrected chi connectivity index (χ0v) is 75.0. The van der Waals surface area contributed by atoms with Crippen molar-refractivity contribution in [3.8, 4) is 11.5 Å². The van der Waals surface area contributed by atoms with E-state index in [2.05, 4.69) is 59.7 Å². The normalized spacial score (nSPS) is 14.4. The second-order valence-electron chi connectivity index (χ2n) is 35.9. The van der Waals surface area contributed by atoms with Gasteiger partial charge in [0.2, 0.25) is 0 Å². The number of nitrogens with one attached hydrogen (secondary N) is 8. The quantitative estimate of drug-likeness (QED) is 0.0287. The van der Waals surface area contributed by atoms with Gasteiger partial charge in [0, 0.05) is 94.8 Å². The van der Waals surface area contributed by atoms with E-state index in [0.717, 1.165) is 84.7 Å². The fourth-order valence-corrected chi connectivity index (χ4v) is 18.4. The number of imidazole rings is 8. The van der Waals surface area contributed by atoms with Crippen LogP contribution in [0.2, 0.25) is 0 Å². The van der Waals surface area contributed by atoms with Gasteiger partial charge in [-0.1, -0.05) is 121 Å². The molecular formula is C98H90F3N27O10. The lowest BCUT2D eigenvalue weighted by Crippen LogP contribution is -2.53. The molecular weight excluding hydrogens is 1770 g/mol. The molecule has 138 heavy (non-hydrogen) atoms. The summed E-state index contributed by atoms with van der Waals surface area (Å²) in [5.74, 6) is 3.98. The number of hydrogen-bond donors (Lipinski definition) is 9. The Morgan fingerprint density at radius 3 is 0.986 bits per heavy atom. The summed E-state index contributed by atoms with van der Waals surface area (Å²) in [5.41, 5.74) is 9.56. The van der Waals surface area contributed by atoms with Gasteiger partial charge in [-0.3, -0.25) is 62.3 Å². The molecule has 5 fully saturated rings. The third-order valence-electron chi connectivity index (χ3n) is 25.5. The number of phenols is 1. The fraction of sp³-hybridized carbons (Fsp3) is 0.265. The van der Waals surface area contributed by atoms with Gasteiger partial charge in [0.1, 0.15) is 64.0 Å². The molecule has 0 amide bonds. The zero-order valence-electron chi connectivity index (χ0n) is 75.0. The van der Waals surface area contributed by atoms with Crippen molar-refractivity contribution in [2.24, 2.45) is 0 Å². The van der Waals surface area contributed by atoms with Crippen LogP contribution in [0.15, 0.2) is 214 Å². The van der Waals surface area contributed by atoms with Gasteiger partial charge in [0.25, 0.3) is 22.2 Å². The topological polar surface area (TPSA) is 445 Å². The maximum absolute atomic E-state index is 14.8. The van der Waals surface area contributed by atoms with Crippen LogP contribution in [-0.4, -0.2) is 168 Å². The van der Waals surface area contributed by atoms with Crippen LogP contribution in [0.1, 0.15) is 144 Å². The predicted octanol–water partition coefficient (Wildman–Crippen LogP) is 10.8. The van der Waals surface area contributed by atoms with Crippen LogP contribution in [-0.2, 0) is 51.9 Å². The molecule has 0 atom stereocenters. The minimum Gasteiger partial charge on any atom is -0.508 e. The molecule has 0 bridgehead atoms. The Labute approximate surface area is 776 Å². The average Bonchev–Trinajstić information content (AvgIpc) is 1.60. The summed E-state index contributed by atoms with van der Waals surface area (Å²) in [7, 11) is 6.94. The summed E-state index contributed by atoms with van der Waals surface area (Å²) in [6.07, 6.45) is 8.25. The standard InChI is InChI=1S/C26H25FN8O2.C25H24FN7O2.C24H21FN6O3.C23H20N6O3/c1-32-13-33(14-32)20-10-19-18(9-17(20)27)28-21(29-19)11-22-30-24-23(34(22)12-15-5-3-2-4-6-15)25(36)31-26(37)35(24)16-7-8-16;1-31(2)19-11-18-17(10-16(19)26)27-20(28-18)12-21-29-23-22(32(21)13-14-6-4-3-5-7-14)24(34)30-25(35)33(23)15-8-9-15;1-34-18-10-17-16(9-15(18)25)26-19(27-17)11-20-28-22-21(30(20)12-13-5-3-2-4-6-13)23(32)29-24(33)31(22)14-7-8-14;30-15-8-9-16-17(10-15)25-18(24-16)11-19-26-21-20(28(19)12-13-4-2-1-3-5-13)22(31)27-23(32)29(21)14-6-7-14/h2-6,9-10,16H,7-8,11-14H2,1H3,(H,28,29)(H,31,36,37);3-7,10-11,15H,8-9,12-13H2,1-2H3,(H,27,28)(H,30,34,35);2-6,9-10,14H,7-8,11-12H2,1H3,(H,26,27)(H,29,32,33);1-5,8-10,14,30H,6-7,11-12H2,(H,24,25)(H,27,31,32). The van der Waals surface area contributed by atoms with Crippen molar-refractivity contribution in [1.29, 1.82) is 0 Å². The SMILES string of the molecule is CN(C)c1cc2nc(Cc3nc4c(c(=O)[nH]c(=O)n4C4CC4)n3Cc3ccccc3)[nH]c2cc1F.CN1CN(c2cc3nc(Cc4nc5c(c(=O)[nH]c(=O)n5C5CC5)n4Cc4ccccc4)[nH]c3cc2F)C1.COc1cc2nc(Cc3nc4c(c(=O)[nH]c(=O)n4C4CC4)n3Cc3ccccc3)[nH]c2cc1F.O=c1[nH]c(=O)n(C2CC2)c2nc(Cc3nc4ccc(O)cc4[nH]3)n(Cc3ccccc3)c12. The third kappa shape index (κ3) is 16.9. The molecule has 8 aromatic carbocycles. The number of hydrogen-bond acceptors (Lipinski definition) is 21. The summed E-state index contributed by atoms with van der Waals surface area (Å²) in [6, 6.07) is 53.5. The molecule has 0 unspecified atom stereocenters. The van der Waals surface area contributed by atoms with Gasteiger partial charge in [-0.05, 0) is 105 Å². The number of anilines is 2. The second kappa shape index (κ2) is 34.9. The number of aromatic nitrogens is 24. The number of nitrogens with zero attached hydrogens (tertiary/aromatic N) is 19. The average molecular weight is 1860 g/mol. The lowest BCUT2D eigenvalue weighted by atomic mass is 10.2. The van der Waals surface area contributed by atoms with E-state index in [1.807, 2.05) is 152 Å². The molecule has 13 heterocycles. The van der Waals surface area contributed by atoms with Gasteiger partial charge < -0.3 is 57.8 Å². The molecule has 698 valence electrons. The Kier molecular flexibility index (Phi) is 21.9. The molecule has 9 N–H and O–H groups in total. The third-order valence-corrected chi connectivity index (χ3v) is 25.5. The Morgan fingerprint density at radius 1 is 0.362 bits per heavy atom. The van der Waals surface area contributed by atoms with Crippen molar-refractivity contribution in [2.45, 2.75) is 127 Å². The lowest BCUT2D eigenvalue weighted by Gasteiger charge is -2.41. The molecule has 5 aliphatic rings. The van der Waals surface area contributed by atoms with Crippen LogP contribution >= 0.6 is 0 Å². The van der Waals surface area contributed by atoms with Gasteiger partial charge in [-0.15, -0.1) is 0 Å². The van der Waals surface area contributed by atoms with Crippen LogP contribution in [0.3, 0.4) is 0 Å². The number of rotatable bonds is 23. The van der Waals surface area contributed by atoms with E-state index in [0.29, 0.717) is 182 Å². The number of ether oxygens (including phenoxy) is 1. The van der Waals surface area contributed by atoms with Gasteiger partial charge >= 0.3 is 22.8 Å². The van der Waals surface area contributed by atoms with Crippen molar-refractivity contribution >= 4 is 100 Å². The van der Waals surface area contributed by atoms with Crippen molar-refractivity contribution < 1.29 is 23.0 Å². The Hall–Kier alpha value is -16.8. The number of H-pyrrole nitrogens is 8. The number of aromatic hydroxyl groups is 1. The molecule has 25 rings (SSSR count). The van der Waals surface area contributed by atoms with Crippen LogP contribution in [0.25, 0.3) is 88.8 Å². The first-order valence-corrected chi connectivity index (χ1v) is 45.4. The summed E-state index contributed by atoms with van der Waals surface area (Å²) in [6.45, 7) is 3.01. The minimum absolute atomic E-state index is 0.0430. The van der Waals surface area contributed by atoms with Crippen molar-refractivity contribution in [2.75, 3.05) is 51.4 Å². The number of phenolic OH excluding ortho intramolecular Hbond substituents is 1. The van der Waals surface area contributed by atoms with Gasteiger partial charge in [0.05, 0.1) is 102 Å². The summed E-state index contributed by atoms with van der Waals surface area (Å²) in [5, 5.41) is 9.74. The van der Waals surface area contributed by atoms with E-state index in [9.17, 15) is 56.6 Å². The molecule has 4 saturated carbocycles. The first kappa shape index (κ1) is 86.6. The lowest BCUT2D eigenvalue weighted by molar-refractivity contribution is 0.230. The second-order valence-corrected chi connectivity index (χ2v) is 35.9. The number of halogens is 3. The minimum atomic E-state index is -0.485. The summed E-state index contributed by atoms with van der Waals surface area (Å²) in [4.78, 5) is 168. The molecule has 1 aliphatic heterocycles. The fourth-order valence-electron chi connectivity index (χ4n) is 18.4. The highest BCUT2D eigenvalue weighted by Crippen LogP contribution is 2.40. The highest BCUT2D eigenvalue weighted by atomic mass is 19.1.